The highest BCUT2D eigenvalue weighted by atomic mass is 32.2. The number of rotatable bonds is 5. The highest BCUT2D eigenvalue weighted by Crippen LogP contribution is 2.31. The van der Waals surface area contributed by atoms with Gasteiger partial charge in [0.1, 0.15) is 0 Å². The van der Waals surface area contributed by atoms with Gasteiger partial charge in [0.05, 0.1) is 23.1 Å². The van der Waals surface area contributed by atoms with E-state index in [4.69, 9.17) is 4.18 Å². The average Bonchev–Trinajstić information content (AvgIpc) is 2.76. The van der Waals surface area contributed by atoms with Crippen LogP contribution in [0.4, 0.5) is 0 Å². The molecule has 0 saturated carbocycles. The fourth-order valence-electron chi connectivity index (χ4n) is 2.73. The average molecular weight is 351 g/mol. The number of hydrogen-bond donors (Lipinski definition) is 0. The van der Waals surface area contributed by atoms with E-state index in [9.17, 15) is 13.7 Å². The summed E-state index contributed by atoms with van der Waals surface area (Å²) in [6.07, 6.45) is 0.410. The van der Waals surface area contributed by atoms with Crippen molar-refractivity contribution in [2.24, 2.45) is 0 Å². The minimum absolute atomic E-state index is 0.0266. The van der Waals surface area contributed by atoms with E-state index in [1.165, 1.54) is 12.1 Å². The van der Waals surface area contributed by atoms with Crippen molar-refractivity contribution in [1.82, 2.24) is 0 Å². The highest BCUT2D eigenvalue weighted by Gasteiger charge is 2.17. The number of hydrogen-bond acceptors (Lipinski definition) is 4. The van der Waals surface area contributed by atoms with Gasteiger partial charge < -0.3 is 0 Å². The van der Waals surface area contributed by atoms with Gasteiger partial charge in [0.2, 0.25) is 0 Å². The Balaban J connectivity index is 1.76. The first-order valence-electron chi connectivity index (χ1n) is 7.88. The van der Waals surface area contributed by atoms with E-state index in [0.29, 0.717) is 12.0 Å². The maximum atomic E-state index is 12.2. The number of aryl methyl sites for hydroxylation is 1. The van der Waals surface area contributed by atoms with Crippen LogP contribution in [0, 0.1) is 18.3 Å². The molecular formula is C20H17NO3S. The van der Waals surface area contributed by atoms with E-state index < -0.39 is 10.1 Å². The molecular weight excluding hydrogens is 334 g/mol. The summed E-state index contributed by atoms with van der Waals surface area (Å²) in [6, 6.07) is 20.0. The van der Waals surface area contributed by atoms with Gasteiger partial charge in [0, 0.05) is 0 Å². The lowest BCUT2D eigenvalue weighted by molar-refractivity contribution is 0.322. The zero-order valence-corrected chi connectivity index (χ0v) is 14.6. The predicted octanol–water partition coefficient (Wildman–Crippen LogP) is 3.92. The number of fused-ring (bicyclic) bond motifs is 1. The first kappa shape index (κ1) is 17.2. The van der Waals surface area contributed by atoms with Crippen LogP contribution >= 0.6 is 0 Å². The van der Waals surface area contributed by atoms with E-state index in [0.717, 1.165) is 22.3 Å². The minimum atomic E-state index is -3.78. The fourth-order valence-corrected chi connectivity index (χ4v) is 3.63. The van der Waals surface area contributed by atoms with E-state index in [1.54, 1.807) is 18.2 Å². The molecule has 1 aromatic carbocycles. The molecule has 0 N–H and O–H groups in total. The Bertz CT molecular complexity index is 1000. The Morgan fingerprint density at radius 3 is 2.36 bits per heavy atom. The summed E-state index contributed by atoms with van der Waals surface area (Å²) in [5.74, 6) is 0. The second-order valence-electron chi connectivity index (χ2n) is 5.77. The number of benzene rings is 1. The summed E-state index contributed by atoms with van der Waals surface area (Å²) in [5.41, 5.74) is 4.28. The molecule has 2 aliphatic carbocycles. The van der Waals surface area contributed by atoms with E-state index >= 15 is 0 Å². The van der Waals surface area contributed by atoms with E-state index in [-0.39, 0.29) is 11.5 Å². The zero-order chi connectivity index (χ0) is 17.9. The Labute approximate surface area is 147 Å². The lowest BCUT2D eigenvalue weighted by Gasteiger charge is -2.06. The zero-order valence-electron chi connectivity index (χ0n) is 13.8. The Kier molecular flexibility index (Phi) is 4.84. The van der Waals surface area contributed by atoms with Gasteiger partial charge >= 0.3 is 0 Å². The smallest absolute Gasteiger partial charge is 0.266 e. The minimum Gasteiger partial charge on any atom is -0.266 e. The normalized spacial score (nSPS) is 11.4. The predicted molar refractivity (Wildman–Crippen MR) is 95.8 cm³/mol. The van der Waals surface area contributed by atoms with Gasteiger partial charge in [-0.25, -0.2) is 0 Å². The molecule has 4 nitrogen and oxygen atoms in total. The molecule has 0 fully saturated rings. The third kappa shape index (κ3) is 3.71. The number of nitrogens with zero attached hydrogens (tertiary/aromatic N) is 1. The molecule has 0 amide bonds. The summed E-state index contributed by atoms with van der Waals surface area (Å²) in [6.45, 7) is 1.92. The van der Waals surface area contributed by atoms with Crippen molar-refractivity contribution in [2.45, 2.75) is 18.2 Å². The first-order valence-corrected chi connectivity index (χ1v) is 9.29. The maximum absolute atomic E-state index is 12.2. The van der Waals surface area contributed by atoms with Crippen LogP contribution in [0.1, 0.15) is 16.7 Å². The standard InChI is InChI=1S/C20H17NO3S/c1-15-7-9-18(10-8-15)25(22,23)24-12-11-16-13-17(14-21)20-6-4-2-3-5-19(16)20/h2-10,13H,11-12H2,1H3. The van der Waals surface area contributed by atoms with Crippen molar-refractivity contribution in [3.05, 3.63) is 77.4 Å². The third-order valence-corrected chi connectivity index (χ3v) is 5.36. The van der Waals surface area contributed by atoms with Crippen molar-refractivity contribution in [3.8, 4) is 17.2 Å². The topological polar surface area (TPSA) is 67.2 Å². The Morgan fingerprint density at radius 1 is 1.00 bits per heavy atom. The summed E-state index contributed by atoms with van der Waals surface area (Å²) in [4.78, 5) is 0.148. The molecule has 0 aliphatic heterocycles. The largest absolute Gasteiger partial charge is 0.296 e. The second-order valence-corrected chi connectivity index (χ2v) is 7.39. The maximum Gasteiger partial charge on any atom is 0.296 e. The Morgan fingerprint density at radius 2 is 1.68 bits per heavy atom. The van der Waals surface area contributed by atoms with Gasteiger partial charge in [-0.05, 0) is 48.2 Å². The van der Waals surface area contributed by atoms with Crippen molar-refractivity contribution in [3.63, 3.8) is 0 Å². The van der Waals surface area contributed by atoms with E-state index in [1.807, 2.05) is 37.3 Å². The molecule has 3 rings (SSSR count). The van der Waals surface area contributed by atoms with Crippen LogP contribution in [0.25, 0.3) is 11.1 Å². The molecule has 0 heterocycles. The molecule has 0 atom stereocenters. The molecule has 25 heavy (non-hydrogen) atoms. The van der Waals surface area contributed by atoms with Crippen LogP contribution in [-0.4, -0.2) is 15.0 Å². The fraction of sp³-hybridized carbons (Fsp3) is 0.150. The highest BCUT2D eigenvalue weighted by molar-refractivity contribution is 7.86. The second kappa shape index (κ2) is 7.06. The monoisotopic (exact) mass is 351 g/mol. The lowest BCUT2D eigenvalue weighted by atomic mass is 10.1. The van der Waals surface area contributed by atoms with Gasteiger partial charge in [0.15, 0.2) is 0 Å². The summed E-state index contributed by atoms with van der Waals surface area (Å²) in [7, 11) is -3.78. The van der Waals surface area contributed by atoms with Crippen molar-refractivity contribution >= 4 is 10.1 Å². The van der Waals surface area contributed by atoms with Gasteiger partial charge in [-0.1, -0.05) is 48.0 Å². The SMILES string of the molecule is Cc1ccc(S(=O)(=O)OCCc2cc(C#N)c3cccccc2-3)cc1. The molecule has 1 aromatic rings. The lowest BCUT2D eigenvalue weighted by Crippen LogP contribution is -2.09. The van der Waals surface area contributed by atoms with Crippen LogP contribution in [0.15, 0.2) is 65.6 Å². The van der Waals surface area contributed by atoms with Gasteiger partial charge in [-0.15, -0.1) is 0 Å². The molecule has 0 saturated heterocycles. The van der Waals surface area contributed by atoms with Crippen LogP contribution in [0.2, 0.25) is 0 Å². The van der Waals surface area contributed by atoms with Crippen LogP contribution < -0.4 is 0 Å². The first-order chi connectivity index (χ1) is 12.0. The van der Waals surface area contributed by atoms with Gasteiger partial charge in [-0.2, -0.15) is 13.7 Å². The van der Waals surface area contributed by atoms with Crippen molar-refractivity contribution in [2.75, 3.05) is 6.61 Å². The van der Waals surface area contributed by atoms with Crippen LogP contribution in [-0.2, 0) is 20.7 Å². The molecule has 2 aliphatic rings. The van der Waals surface area contributed by atoms with Crippen molar-refractivity contribution < 1.29 is 12.6 Å². The molecule has 0 unspecified atom stereocenters. The molecule has 5 heteroatoms. The summed E-state index contributed by atoms with van der Waals surface area (Å²) in [5, 5.41) is 9.28. The van der Waals surface area contributed by atoms with Crippen molar-refractivity contribution in [1.29, 1.82) is 5.26 Å². The third-order valence-electron chi connectivity index (χ3n) is 4.03. The Hall–Kier alpha value is -2.68. The van der Waals surface area contributed by atoms with Crippen LogP contribution in [0.3, 0.4) is 0 Å². The van der Waals surface area contributed by atoms with Gasteiger partial charge in [-0.3, -0.25) is 4.18 Å². The van der Waals surface area contributed by atoms with Crippen LogP contribution in [0.5, 0.6) is 0 Å². The molecule has 126 valence electrons. The van der Waals surface area contributed by atoms with Gasteiger partial charge in [0.25, 0.3) is 10.1 Å². The molecule has 0 aromatic heterocycles. The quantitative estimate of drug-likeness (QED) is 0.654. The number of nitriles is 1. The molecule has 0 radical (unpaired) electrons. The van der Waals surface area contributed by atoms with E-state index in [2.05, 4.69) is 6.07 Å². The molecule has 0 spiro atoms. The molecule has 0 bridgehead atoms. The summed E-state index contributed by atoms with van der Waals surface area (Å²) < 4.78 is 29.6. The summed E-state index contributed by atoms with van der Waals surface area (Å²) >= 11 is 0.